The zero-order chi connectivity index (χ0) is 21.7. The van der Waals surface area contributed by atoms with Gasteiger partial charge in [0.15, 0.2) is 17.3 Å². The lowest BCUT2D eigenvalue weighted by atomic mass is 9.85. The fourth-order valence-electron chi connectivity index (χ4n) is 3.86. The number of hydrogen-bond acceptors (Lipinski definition) is 6. The van der Waals surface area contributed by atoms with Crippen molar-refractivity contribution in [2.24, 2.45) is 5.92 Å². The molecule has 1 fully saturated rings. The number of pyridine rings is 3. The number of anilines is 1. The molecule has 5 aromatic rings. The highest BCUT2D eigenvalue weighted by Crippen LogP contribution is 2.33. The summed E-state index contributed by atoms with van der Waals surface area (Å²) in [4.78, 5) is 32.5. The number of aromatic nitrogens is 7. The third kappa shape index (κ3) is 2.99. The topological polar surface area (TPSA) is 125 Å². The first kappa shape index (κ1) is 18.6. The second kappa shape index (κ2) is 7.19. The Morgan fingerprint density at radius 3 is 2.84 bits per heavy atom. The second-order valence-electron chi connectivity index (χ2n) is 7.82. The van der Waals surface area contributed by atoms with Crippen LogP contribution in [0.15, 0.2) is 43.0 Å². The number of imidazole rings is 1. The van der Waals surface area contributed by atoms with Crippen molar-refractivity contribution in [3.63, 3.8) is 0 Å². The van der Waals surface area contributed by atoms with Gasteiger partial charge in [0.1, 0.15) is 11.4 Å². The van der Waals surface area contributed by atoms with Crippen LogP contribution in [0.5, 0.6) is 0 Å². The largest absolute Gasteiger partial charge is 0.335 e. The molecule has 1 saturated carbocycles. The van der Waals surface area contributed by atoms with E-state index in [1.165, 1.54) is 12.4 Å². The SMILES string of the molecule is O=C(Nc1cncc(-c2ncc3[nH]nc(-c4nc5ncccc5[nH]4)c3c2F)c1)C1CCC1. The van der Waals surface area contributed by atoms with Gasteiger partial charge in [0.25, 0.3) is 0 Å². The Morgan fingerprint density at radius 2 is 2.03 bits per heavy atom. The number of aromatic amines is 2. The van der Waals surface area contributed by atoms with E-state index in [-0.39, 0.29) is 22.9 Å². The Bertz CT molecular complexity index is 1450. The fourth-order valence-corrected chi connectivity index (χ4v) is 3.86. The van der Waals surface area contributed by atoms with E-state index in [9.17, 15) is 4.79 Å². The Hall–Kier alpha value is -4.21. The Kier molecular flexibility index (Phi) is 4.17. The van der Waals surface area contributed by atoms with Crippen molar-refractivity contribution in [2.45, 2.75) is 19.3 Å². The highest BCUT2D eigenvalue weighted by molar-refractivity contribution is 5.96. The average Bonchev–Trinajstić information content (AvgIpc) is 3.37. The third-order valence-electron chi connectivity index (χ3n) is 5.78. The van der Waals surface area contributed by atoms with Gasteiger partial charge in [-0.2, -0.15) is 5.10 Å². The molecule has 6 rings (SSSR count). The van der Waals surface area contributed by atoms with Gasteiger partial charge in [-0.05, 0) is 31.0 Å². The Balaban J connectivity index is 1.41. The van der Waals surface area contributed by atoms with E-state index in [1.807, 2.05) is 6.07 Å². The summed E-state index contributed by atoms with van der Waals surface area (Å²) in [6.07, 6.45) is 9.08. The molecule has 0 spiro atoms. The summed E-state index contributed by atoms with van der Waals surface area (Å²) in [7, 11) is 0. The van der Waals surface area contributed by atoms with Crippen LogP contribution < -0.4 is 5.32 Å². The van der Waals surface area contributed by atoms with Gasteiger partial charge in [-0.3, -0.25) is 19.9 Å². The zero-order valence-corrected chi connectivity index (χ0v) is 16.8. The van der Waals surface area contributed by atoms with Gasteiger partial charge in [0.05, 0.1) is 34.5 Å². The number of halogens is 1. The van der Waals surface area contributed by atoms with Crippen molar-refractivity contribution in [1.82, 2.24) is 35.1 Å². The number of carbonyl (C=O) groups is 1. The summed E-state index contributed by atoms with van der Waals surface area (Å²) in [6.45, 7) is 0. The molecular weight excluding hydrogens is 411 g/mol. The number of amides is 1. The third-order valence-corrected chi connectivity index (χ3v) is 5.78. The maximum atomic E-state index is 15.7. The van der Waals surface area contributed by atoms with Crippen LogP contribution in [0.2, 0.25) is 0 Å². The van der Waals surface area contributed by atoms with Crippen LogP contribution >= 0.6 is 0 Å². The first-order chi connectivity index (χ1) is 15.7. The number of carbonyl (C=O) groups excluding carboxylic acids is 1. The molecule has 9 nitrogen and oxygen atoms in total. The van der Waals surface area contributed by atoms with E-state index in [0.717, 1.165) is 24.8 Å². The van der Waals surface area contributed by atoms with E-state index in [2.05, 4.69) is 40.4 Å². The standard InChI is InChI=1S/C22H17FN8O/c23-17-16-15(30-31-19(16)21-28-14-5-2-6-25-20(14)29-21)10-26-18(17)12-7-13(9-24-8-12)27-22(32)11-3-1-4-11/h2,5-11H,1,3-4H2,(H,27,32)(H,30,31)(H,25,28,29). The molecule has 0 saturated heterocycles. The minimum absolute atomic E-state index is 0.0327. The fraction of sp³-hybridized carbons (Fsp3) is 0.182. The average molecular weight is 428 g/mol. The van der Waals surface area contributed by atoms with Crippen LogP contribution in [-0.2, 0) is 4.79 Å². The maximum absolute atomic E-state index is 15.7. The monoisotopic (exact) mass is 428 g/mol. The summed E-state index contributed by atoms with van der Waals surface area (Å²) in [5.74, 6) is -0.143. The first-order valence-corrected chi connectivity index (χ1v) is 10.3. The van der Waals surface area contributed by atoms with E-state index in [1.54, 1.807) is 24.5 Å². The number of nitrogens with zero attached hydrogens (tertiary/aromatic N) is 5. The molecule has 0 unspecified atom stereocenters. The molecule has 10 heteroatoms. The van der Waals surface area contributed by atoms with Gasteiger partial charge >= 0.3 is 0 Å². The van der Waals surface area contributed by atoms with Crippen molar-refractivity contribution >= 4 is 33.7 Å². The van der Waals surface area contributed by atoms with E-state index >= 15 is 4.39 Å². The van der Waals surface area contributed by atoms with E-state index < -0.39 is 5.82 Å². The van der Waals surface area contributed by atoms with Crippen molar-refractivity contribution in [1.29, 1.82) is 0 Å². The van der Waals surface area contributed by atoms with Crippen molar-refractivity contribution in [3.8, 4) is 22.8 Å². The van der Waals surface area contributed by atoms with E-state index in [4.69, 9.17) is 0 Å². The predicted octanol–water partition coefficient (Wildman–Crippen LogP) is 3.84. The minimum Gasteiger partial charge on any atom is -0.335 e. The van der Waals surface area contributed by atoms with Crippen LogP contribution in [0.3, 0.4) is 0 Å². The zero-order valence-electron chi connectivity index (χ0n) is 16.8. The van der Waals surface area contributed by atoms with E-state index in [0.29, 0.717) is 33.9 Å². The van der Waals surface area contributed by atoms with Crippen molar-refractivity contribution in [2.75, 3.05) is 5.32 Å². The molecule has 32 heavy (non-hydrogen) atoms. The minimum atomic E-state index is -0.552. The lowest BCUT2D eigenvalue weighted by molar-refractivity contribution is -0.122. The summed E-state index contributed by atoms with van der Waals surface area (Å²) >= 11 is 0. The molecule has 1 aliphatic carbocycles. The molecule has 1 amide bonds. The van der Waals surface area contributed by atoms with Crippen LogP contribution in [0.25, 0.3) is 44.8 Å². The van der Waals surface area contributed by atoms with Gasteiger partial charge in [-0.25, -0.2) is 14.4 Å². The first-order valence-electron chi connectivity index (χ1n) is 10.3. The van der Waals surface area contributed by atoms with Gasteiger partial charge < -0.3 is 10.3 Å². The summed E-state index contributed by atoms with van der Waals surface area (Å²) in [5.41, 5.74) is 3.10. The molecule has 0 atom stereocenters. The normalized spacial score (nSPS) is 14.0. The molecular formula is C22H17FN8O. The molecule has 1 aliphatic rings. The number of fused-ring (bicyclic) bond motifs is 2. The van der Waals surface area contributed by atoms with Crippen LogP contribution in [0, 0.1) is 11.7 Å². The van der Waals surface area contributed by atoms with Crippen LogP contribution in [-0.4, -0.2) is 41.0 Å². The molecule has 0 aromatic carbocycles. The predicted molar refractivity (Wildman–Crippen MR) is 116 cm³/mol. The van der Waals surface area contributed by atoms with Crippen LogP contribution in [0.1, 0.15) is 19.3 Å². The molecule has 158 valence electrons. The summed E-state index contributed by atoms with van der Waals surface area (Å²) in [6, 6.07) is 5.30. The Labute approximate surface area is 180 Å². The number of rotatable bonds is 4. The Morgan fingerprint density at radius 1 is 1.12 bits per heavy atom. The molecule has 0 aliphatic heterocycles. The lowest BCUT2D eigenvalue weighted by Gasteiger charge is -2.24. The molecule has 5 heterocycles. The second-order valence-corrected chi connectivity index (χ2v) is 7.82. The summed E-state index contributed by atoms with van der Waals surface area (Å²) < 4.78 is 15.7. The lowest BCUT2D eigenvalue weighted by Crippen LogP contribution is -2.28. The summed E-state index contributed by atoms with van der Waals surface area (Å²) in [5, 5.41) is 10.2. The van der Waals surface area contributed by atoms with Crippen LogP contribution in [0.4, 0.5) is 10.1 Å². The smallest absolute Gasteiger partial charge is 0.227 e. The highest BCUT2D eigenvalue weighted by Gasteiger charge is 2.25. The number of nitrogens with one attached hydrogen (secondary N) is 3. The van der Waals surface area contributed by atoms with Gasteiger partial charge in [0, 0.05) is 23.9 Å². The quantitative estimate of drug-likeness (QED) is 0.399. The maximum Gasteiger partial charge on any atom is 0.227 e. The van der Waals surface area contributed by atoms with Crippen molar-refractivity contribution in [3.05, 3.63) is 48.8 Å². The molecule has 0 bridgehead atoms. The molecule has 0 radical (unpaired) electrons. The highest BCUT2D eigenvalue weighted by atomic mass is 19.1. The van der Waals surface area contributed by atoms with Gasteiger partial charge in [-0.1, -0.05) is 6.42 Å². The molecule has 5 aromatic heterocycles. The molecule has 3 N–H and O–H groups in total. The number of H-pyrrole nitrogens is 2. The number of hydrogen-bond donors (Lipinski definition) is 3. The van der Waals surface area contributed by atoms with Crippen molar-refractivity contribution < 1.29 is 9.18 Å². The van der Waals surface area contributed by atoms with Gasteiger partial charge in [-0.15, -0.1) is 0 Å². The van der Waals surface area contributed by atoms with Gasteiger partial charge in [0.2, 0.25) is 5.91 Å².